The van der Waals surface area contributed by atoms with Gasteiger partial charge in [0.1, 0.15) is 11.3 Å². The van der Waals surface area contributed by atoms with Crippen molar-refractivity contribution in [2.24, 2.45) is 0 Å². The van der Waals surface area contributed by atoms with Gasteiger partial charge >= 0.3 is 0 Å². The van der Waals surface area contributed by atoms with Crippen LogP contribution in [0.2, 0.25) is 0 Å². The van der Waals surface area contributed by atoms with E-state index < -0.39 is 6.04 Å². The fraction of sp³-hybridized carbons (Fsp3) is 0.304. The molecule has 0 saturated carbocycles. The van der Waals surface area contributed by atoms with Crippen LogP contribution in [0.15, 0.2) is 45.6 Å². The second-order valence-corrected chi connectivity index (χ2v) is 7.30. The second-order valence-electron chi connectivity index (χ2n) is 7.30. The lowest BCUT2D eigenvalue weighted by molar-refractivity contribution is 0.0663. The minimum absolute atomic E-state index is 0.115. The maximum atomic E-state index is 13.5. The van der Waals surface area contributed by atoms with E-state index in [4.69, 9.17) is 13.9 Å². The highest BCUT2D eigenvalue weighted by atomic mass is 16.5. The van der Waals surface area contributed by atoms with Gasteiger partial charge in [-0.15, -0.1) is 0 Å². The summed E-state index contributed by atoms with van der Waals surface area (Å²) in [6.45, 7) is 4.54. The maximum absolute atomic E-state index is 13.5. The molecule has 1 aromatic heterocycles. The number of aryl methyl sites for hydroxylation is 2. The Kier molecular flexibility index (Phi) is 4.88. The molecule has 0 bridgehead atoms. The molecule has 1 amide bonds. The van der Waals surface area contributed by atoms with E-state index >= 15 is 0 Å². The lowest BCUT2D eigenvalue weighted by Gasteiger charge is -2.24. The Morgan fingerprint density at radius 3 is 2.45 bits per heavy atom. The van der Waals surface area contributed by atoms with Crippen LogP contribution < -0.4 is 10.2 Å². The van der Waals surface area contributed by atoms with Crippen molar-refractivity contribution in [1.29, 1.82) is 0 Å². The van der Waals surface area contributed by atoms with Crippen molar-refractivity contribution in [3.63, 3.8) is 0 Å². The lowest BCUT2D eigenvalue weighted by Crippen LogP contribution is -2.32. The van der Waals surface area contributed by atoms with Crippen molar-refractivity contribution < 1.29 is 18.7 Å². The van der Waals surface area contributed by atoms with E-state index in [2.05, 4.69) is 0 Å². The Bertz CT molecular complexity index is 1150. The second kappa shape index (κ2) is 7.37. The van der Waals surface area contributed by atoms with E-state index in [1.165, 1.54) is 0 Å². The molecular formula is C23H23NO5. The van der Waals surface area contributed by atoms with Crippen molar-refractivity contribution in [2.75, 3.05) is 27.4 Å². The molecule has 4 rings (SSSR count). The standard InChI is InChI=1S/C23H23NO5/c1-13-11-14(2)18-17(12-13)29-22-19(21(18)25)20(24(23(22)26)9-10-27-3)15-5-7-16(28-4)8-6-15/h5-8,11-12,20H,9-10H2,1-4H3. The van der Waals surface area contributed by atoms with E-state index in [1.807, 2.05) is 44.2 Å². The third-order valence-electron chi connectivity index (χ3n) is 5.38. The summed E-state index contributed by atoms with van der Waals surface area (Å²) < 4.78 is 16.4. The number of ether oxygens (including phenoxy) is 2. The van der Waals surface area contributed by atoms with Crippen LogP contribution in [0.1, 0.15) is 38.9 Å². The van der Waals surface area contributed by atoms with Crippen molar-refractivity contribution in [3.8, 4) is 5.75 Å². The lowest BCUT2D eigenvalue weighted by atomic mass is 9.97. The van der Waals surface area contributed by atoms with E-state index in [-0.39, 0.29) is 17.1 Å². The van der Waals surface area contributed by atoms with Crippen LogP contribution in [0.4, 0.5) is 0 Å². The molecule has 6 heteroatoms. The van der Waals surface area contributed by atoms with E-state index in [0.29, 0.717) is 35.4 Å². The molecule has 0 radical (unpaired) electrons. The molecule has 0 N–H and O–H groups in total. The van der Waals surface area contributed by atoms with Gasteiger partial charge in [0.2, 0.25) is 5.76 Å². The van der Waals surface area contributed by atoms with Gasteiger partial charge in [0.15, 0.2) is 5.43 Å². The molecule has 0 fully saturated rings. The molecule has 1 unspecified atom stereocenters. The number of methoxy groups -OCH3 is 2. The van der Waals surface area contributed by atoms with E-state index in [1.54, 1.807) is 25.2 Å². The average Bonchev–Trinajstić information content (AvgIpc) is 2.98. The Morgan fingerprint density at radius 1 is 1.07 bits per heavy atom. The topological polar surface area (TPSA) is 69.0 Å². The molecule has 3 aromatic rings. The normalized spacial score (nSPS) is 15.8. The fourth-order valence-electron chi connectivity index (χ4n) is 4.07. The summed E-state index contributed by atoms with van der Waals surface area (Å²) in [6, 6.07) is 10.6. The molecule has 1 aliphatic rings. The van der Waals surface area contributed by atoms with Gasteiger partial charge in [0.25, 0.3) is 5.91 Å². The first-order valence-corrected chi connectivity index (χ1v) is 9.48. The smallest absolute Gasteiger partial charge is 0.290 e. The number of hydrogen-bond acceptors (Lipinski definition) is 5. The monoisotopic (exact) mass is 393 g/mol. The minimum atomic E-state index is -0.528. The van der Waals surface area contributed by atoms with Crippen LogP contribution in [0.3, 0.4) is 0 Å². The molecule has 2 aromatic carbocycles. The third-order valence-corrected chi connectivity index (χ3v) is 5.38. The predicted molar refractivity (Wildman–Crippen MR) is 110 cm³/mol. The Morgan fingerprint density at radius 2 is 1.79 bits per heavy atom. The van der Waals surface area contributed by atoms with Crippen LogP contribution >= 0.6 is 0 Å². The predicted octanol–water partition coefficient (Wildman–Crippen LogP) is 3.61. The molecule has 2 heterocycles. The molecular weight excluding hydrogens is 370 g/mol. The fourth-order valence-corrected chi connectivity index (χ4v) is 4.07. The molecule has 0 aliphatic carbocycles. The van der Waals surface area contributed by atoms with Gasteiger partial charge in [-0.05, 0) is 48.7 Å². The van der Waals surface area contributed by atoms with Gasteiger partial charge in [-0.3, -0.25) is 9.59 Å². The van der Waals surface area contributed by atoms with Crippen LogP contribution in [0.25, 0.3) is 11.0 Å². The van der Waals surface area contributed by atoms with Crippen molar-refractivity contribution in [3.05, 3.63) is 74.6 Å². The Hall–Kier alpha value is -3.12. The summed E-state index contributed by atoms with van der Waals surface area (Å²) in [6.07, 6.45) is 0. The number of carbonyl (C=O) groups excluding carboxylic acids is 1. The zero-order valence-corrected chi connectivity index (χ0v) is 16.9. The van der Waals surface area contributed by atoms with Crippen molar-refractivity contribution in [2.45, 2.75) is 19.9 Å². The van der Waals surface area contributed by atoms with E-state index in [9.17, 15) is 9.59 Å². The highest BCUT2D eigenvalue weighted by Gasteiger charge is 2.42. The first-order chi connectivity index (χ1) is 14.0. The molecule has 0 saturated heterocycles. The Balaban J connectivity index is 1.97. The van der Waals surface area contributed by atoms with Crippen molar-refractivity contribution >= 4 is 16.9 Å². The zero-order valence-electron chi connectivity index (χ0n) is 16.9. The highest BCUT2D eigenvalue weighted by molar-refractivity contribution is 5.99. The summed E-state index contributed by atoms with van der Waals surface area (Å²) in [4.78, 5) is 28.4. The summed E-state index contributed by atoms with van der Waals surface area (Å²) in [5, 5.41) is 0.522. The van der Waals surface area contributed by atoms with Gasteiger partial charge in [-0.2, -0.15) is 0 Å². The summed E-state index contributed by atoms with van der Waals surface area (Å²) in [7, 11) is 3.18. The molecule has 6 nitrogen and oxygen atoms in total. The first-order valence-electron chi connectivity index (χ1n) is 9.48. The van der Waals surface area contributed by atoms with Gasteiger partial charge in [0.05, 0.1) is 30.7 Å². The quantitative estimate of drug-likeness (QED) is 0.662. The number of amides is 1. The van der Waals surface area contributed by atoms with Crippen LogP contribution in [-0.4, -0.2) is 38.2 Å². The maximum Gasteiger partial charge on any atom is 0.290 e. The SMILES string of the molecule is COCCN1C(=O)c2oc3cc(C)cc(C)c3c(=O)c2C1c1ccc(OC)cc1. The number of hydrogen-bond donors (Lipinski definition) is 0. The minimum Gasteiger partial charge on any atom is -0.497 e. The molecule has 1 aliphatic heterocycles. The molecule has 0 spiro atoms. The summed E-state index contributed by atoms with van der Waals surface area (Å²) >= 11 is 0. The van der Waals surface area contributed by atoms with Crippen LogP contribution in [-0.2, 0) is 4.74 Å². The first kappa shape index (κ1) is 19.2. The molecule has 1 atom stereocenters. The Labute approximate surface area is 168 Å². The van der Waals surface area contributed by atoms with Gasteiger partial charge < -0.3 is 18.8 Å². The highest BCUT2D eigenvalue weighted by Crippen LogP contribution is 2.38. The third kappa shape index (κ3) is 3.09. The summed E-state index contributed by atoms with van der Waals surface area (Å²) in [5.74, 6) is 0.527. The van der Waals surface area contributed by atoms with Gasteiger partial charge in [0, 0.05) is 13.7 Å². The zero-order chi connectivity index (χ0) is 20.7. The van der Waals surface area contributed by atoms with Crippen LogP contribution in [0, 0.1) is 13.8 Å². The number of rotatable bonds is 5. The number of carbonyl (C=O) groups is 1. The van der Waals surface area contributed by atoms with Crippen molar-refractivity contribution in [1.82, 2.24) is 4.90 Å². The average molecular weight is 393 g/mol. The summed E-state index contributed by atoms with van der Waals surface area (Å²) in [5.41, 5.74) is 3.31. The van der Waals surface area contributed by atoms with Gasteiger partial charge in [-0.1, -0.05) is 18.2 Å². The largest absolute Gasteiger partial charge is 0.497 e. The van der Waals surface area contributed by atoms with Crippen LogP contribution in [0.5, 0.6) is 5.75 Å². The number of fused-ring (bicyclic) bond motifs is 2. The molecule has 150 valence electrons. The number of nitrogens with zero attached hydrogens (tertiary/aromatic N) is 1. The van der Waals surface area contributed by atoms with Gasteiger partial charge in [-0.25, -0.2) is 0 Å². The molecule has 29 heavy (non-hydrogen) atoms. The van der Waals surface area contributed by atoms with E-state index in [0.717, 1.165) is 16.7 Å². The number of benzene rings is 2.